The molecule has 4 heterocycles. The fourth-order valence-electron chi connectivity index (χ4n) is 10.3. The van der Waals surface area contributed by atoms with Gasteiger partial charge < -0.3 is 8.80 Å². The monoisotopic (exact) mass is 750 g/mol. The maximum atomic E-state index is 2.49. The lowest BCUT2D eigenvalue weighted by Crippen LogP contribution is -1.87. The van der Waals surface area contributed by atoms with Gasteiger partial charge in [0, 0.05) is 43.1 Å². The second-order valence-corrected chi connectivity index (χ2v) is 16.7. The van der Waals surface area contributed by atoms with Crippen molar-refractivity contribution >= 4 is 76.2 Å². The van der Waals surface area contributed by atoms with Crippen molar-refractivity contribution in [2.45, 2.75) is 19.8 Å². The molecule has 0 fully saturated rings. The van der Waals surface area contributed by atoms with Crippen LogP contribution in [-0.2, 0) is 0 Å². The molecule has 2 nitrogen and oxygen atoms in total. The van der Waals surface area contributed by atoms with Crippen molar-refractivity contribution in [2.24, 2.45) is 0 Å². The Kier molecular flexibility index (Phi) is 6.67. The molecule has 2 heteroatoms. The summed E-state index contributed by atoms with van der Waals surface area (Å²) in [5.74, 6) is 0.522. The highest BCUT2D eigenvalue weighted by molar-refractivity contribution is 6.26. The van der Waals surface area contributed by atoms with Crippen molar-refractivity contribution in [3.8, 4) is 44.5 Å². The van der Waals surface area contributed by atoms with Gasteiger partial charge in [-0.3, -0.25) is 0 Å². The number of fused-ring (bicyclic) bond motifs is 12. The lowest BCUT2D eigenvalue weighted by molar-refractivity contribution is 0.867. The standard InChI is InChI=1S/C57H38N2/c1-34(2)35-18-20-37(21-19-35)40-22-25-53-47(29-40)45-15-9-16-46-48-31-42(24-27-54(48)59(53)56(45)46)43-32-50-44-14-6-7-17-52(44)58-55-26-23-41(30-49(55)51(33-43)57(50)58)39-13-8-12-38(28-39)36-10-4-3-5-11-36/h3-34H,1-2H3. The minimum absolute atomic E-state index is 0.522. The van der Waals surface area contributed by atoms with E-state index in [9.17, 15) is 0 Å². The Labute approximate surface area is 341 Å². The molecule has 276 valence electrons. The number of benzene rings is 9. The third kappa shape index (κ3) is 4.63. The summed E-state index contributed by atoms with van der Waals surface area (Å²) in [4.78, 5) is 0. The Morgan fingerprint density at radius 3 is 1.31 bits per heavy atom. The van der Waals surface area contributed by atoms with Crippen LogP contribution in [0, 0.1) is 0 Å². The smallest absolute Gasteiger partial charge is 0.0620 e. The number of aromatic nitrogens is 2. The lowest BCUT2D eigenvalue weighted by atomic mass is 9.96. The summed E-state index contributed by atoms with van der Waals surface area (Å²) in [5.41, 5.74) is 18.9. The van der Waals surface area contributed by atoms with Crippen molar-refractivity contribution in [3.05, 3.63) is 194 Å². The molecule has 0 saturated carbocycles. The van der Waals surface area contributed by atoms with E-state index in [1.807, 2.05) is 0 Å². The first-order chi connectivity index (χ1) is 29.1. The predicted octanol–water partition coefficient (Wildman–Crippen LogP) is 15.8. The summed E-state index contributed by atoms with van der Waals surface area (Å²) in [7, 11) is 0. The molecule has 0 amide bonds. The molecular weight excluding hydrogens is 713 g/mol. The number of rotatable bonds is 5. The van der Waals surface area contributed by atoms with Gasteiger partial charge in [0.15, 0.2) is 0 Å². The molecule has 0 N–H and O–H groups in total. The number of hydrogen-bond acceptors (Lipinski definition) is 0. The quantitative estimate of drug-likeness (QED) is 0.166. The van der Waals surface area contributed by atoms with Gasteiger partial charge in [-0.15, -0.1) is 0 Å². The number of hydrogen-bond donors (Lipinski definition) is 0. The number of nitrogens with zero attached hydrogens (tertiary/aromatic N) is 2. The van der Waals surface area contributed by atoms with Crippen LogP contribution in [0.25, 0.3) is 121 Å². The molecule has 0 bridgehead atoms. The van der Waals surface area contributed by atoms with Crippen LogP contribution in [0.3, 0.4) is 0 Å². The second-order valence-electron chi connectivity index (χ2n) is 16.7. The lowest BCUT2D eigenvalue weighted by Gasteiger charge is -2.08. The first kappa shape index (κ1) is 32.6. The van der Waals surface area contributed by atoms with Crippen LogP contribution in [0.1, 0.15) is 25.3 Å². The maximum absolute atomic E-state index is 2.49. The van der Waals surface area contributed by atoms with Gasteiger partial charge in [0.25, 0.3) is 0 Å². The zero-order chi connectivity index (χ0) is 38.9. The minimum Gasteiger partial charge on any atom is -0.308 e. The summed E-state index contributed by atoms with van der Waals surface area (Å²) < 4.78 is 4.98. The molecule has 13 rings (SSSR count). The Morgan fingerprint density at radius 2 is 0.661 bits per heavy atom. The van der Waals surface area contributed by atoms with Crippen LogP contribution >= 0.6 is 0 Å². The van der Waals surface area contributed by atoms with Crippen molar-refractivity contribution < 1.29 is 0 Å². The molecule has 59 heavy (non-hydrogen) atoms. The van der Waals surface area contributed by atoms with Gasteiger partial charge in [0.1, 0.15) is 0 Å². The van der Waals surface area contributed by atoms with Crippen molar-refractivity contribution in [2.75, 3.05) is 0 Å². The summed E-state index contributed by atoms with van der Waals surface area (Å²) >= 11 is 0. The molecule has 0 saturated heterocycles. The van der Waals surface area contributed by atoms with E-state index < -0.39 is 0 Å². The van der Waals surface area contributed by atoms with Gasteiger partial charge in [-0.2, -0.15) is 0 Å². The molecule has 0 radical (unpaired) electrons. The van der Waals surface area contributed by atoms with Crippen LogP contribution in [0.5, 0.6) is 0 Å². The fourth-order valence-corrected chi connectivity index (χ4v) is 10.3. The summed E-state index contributed by atoms with van der Waals surface area (Å²) in [6.45, 7) is 4.50. The van der Waals surface area contributed by atoms with Gasteiger partial charge in [0.2, 0.25) is 0 Å². The number of para-hydroxylation sites is 2. The van der Waals surface area contributed by atoms with E-state index in [0.717, 1.165) is 0 Å². The zero-order valence-electron chi connectivity index (χ0n) is 32.9. The third-order valence-electron chi connectivity index (χ3n) is 13.2. The Hall–Kier alpha value is -7.42. The van der Waals surface area contributed by atoms with Crippen LogP contribution < -0.4 is 0 Å². The van der Waals surface area contributed by atoms with E-state index in [-0.39, 0.29) is 0 Å². The Balaban J connectivity index is 0.991. The van der Waals surface area contributed by atoms with Gasteiger partial charge >= 0.3 is 0 Å². The van der Waals surface area contributed by atoms with E-state index in [1.165, 1.54) is 126 Å². The van der Waals surface area contributed by atoms with E-state index in [2.05, 4.69) is 211 Å². The van der Waals surface area contributed by atoms with E-state index in [4.69, 9.17) is 0 Å². The molecule has 9 aromatic carbocycles. The SMILES string of the molecule is CC(C)c1ccc(-c2ccc3c(c2)c2cccc4c5cc(-c6cc7c8ccccc8n8c9ccc(-c%10cccc(-c%11ccccc%11)c%10)cc9c(c6)c78)ccc5n3c24)cc1. The highest BCUT2D eigenvalue weighted by Gasteiger charge is 2.22. The molecule has 0 aliphatic rings. The summed E-state index contributed by atoms with van der Waals surface area (Å²) in [6.07, 6.45) is 0. The van der Waals surface area contributed by atoms with Crippen LogP contribution in [0.15, 0.2) is 188 Å². The predicted molar refractivity (Wildman–Crippen MR) is 252 cm³/mol. The van der Waals surface area contributed by atoms with Crippen LogP contribution in [0.4, 0.5) is 0 Å². The van der Waals surface area contributed by atoms with Gasteiger partial charge in [-0.1, -0.05) is 141 Å². The molecule has 0 aliphatic heterocycles. The molecular formula is C57H38N2. The molecule has 13 aromatic rings. The van der Waals surface area contributed by atoms with Gasteiger partial charge in [-0.25, -0.2) is 0 Å². The van der Waals surface area contributed by atoms with E-state index in [0.29, 0.717) is 5.92 Å². The molecule has 4 aromatic heterocycles. The normalized spacial score (nSPS) is 12.4. The summed E-state index contributed by atoms with van der Waals surface area (Å²) in [6, 6.07) is 70.4. The highest BCUT2D eigenvalue weighted by Crippen LogP contribution is 2.45. The van der Waals surface area contributed by atoms with E-state index in [1.54, 1.807) is 0 Å². The summed E-state index contributed by atoms with van der Waals surface area (Å²) in [5, 5.41) is 10.4. The average Bonchev–Trinajstić information content (AvgIpc) is 4.02. The molecule has 0 atom stereocenters. The maximum Gasteiger partial charge on any atom is 0.0620 e. The first-order valence-corrected chi connectivity index (χ1v) is 20.8. The Bertz CT molecular complexity index is 3790. The topological polar surface area (TPSA) is 8.82 Å². The van der Waals surface area contributed by atoms with Crippen LogP contribution in [0.2, 0.25) is 0 Å². The van der Waals surface area contributed by atoms with Crippen molar-refractivity contribution in [3.63, 3.8) is 0 Å². The van der Waals surface area contributed by atoms with Crippen molar-refractivity contribution in [1.29, 1.82) is 0 Å². The van der Waals surface area contributed by atoms with E-state index >= 15 is 0 Å². The average molecular weight is 751 g/mol. The molecule has 0 spiro atoms. The van der Waals surface area contributed by atoms with Gasteiger partial charge in [-0.05, 0) is 117 Å². The second kappa shape index (κ2) is 12.0. The molecule has 0 unspecified atom stereocenters. The van der Waals surface area contributed by atoms with Gasteiger partial charge in [0.05, 0.1) is 33.1 Å². The third-order valence-corrected chi connectivity index (χ3v) is 13.2. The minimum atomic E-state index is 0.522. The molecule has 0 aliphatic carbocycles. The Morgan fingerprint density at radius 1 is 0.271 bits per heavy atom. The van der Waals surface area contributed by atoms with Crippen molar-refractivity contribution in [1.82, 2.24) is 8.80 Å². The van der Waals surface area contributed by atoms with Crippen LogP contribution in [-0.4, -0.2) is 8.80 Å². The largest absolute Gasteiger partial charge is 0.308 e. The highest BCUT2D eigenvalue weighted by atomic mass is 14.9. The fraction of sp³-hybridized carbons (Fsp3) is 0.0526. The first-order valence-electron chi connectivity index (χ1n) is 20.8. The zero-order valence-corrected chi connectivity index (χ0v) is 32.9.